The van der Waals surface area contributed by atoms with Crippen LogP contribution in [0.4, 0.5) is 0 Å². The van der Waals surface area contributed by atoms with Gasteiger partial charge in [0.2, 0.25) is 10.9 Å². The van der Waals surface area contributed by atoms with E-state index in [9.17, 15) is 13.2 Å². The molecule has 0 bridgehead atoms. The van der Waals surface area contributed by atoms with E-state index in [1.165, 1.54) is 0 Å². The molecule has 0 radical (unpaired) electrons. The molecule has 6 nitrogen and oxygen atoms in total. The van der Waals surface area contributed by atoms with E-state index in [1.807, 2.05) is 6.07 Å². The summed E-state index contributed by atoms with van der Waals surface area (Å²) >= 11 is 3.31. The first-order valence-corrected chi connectivity index (χ1v) is 8.18. The van der Waals surface area contributed by atoms with Gasteiger partial charge < -0.3 is 9.52 Å². The number of nitrogens with one attached hydrogen (secondary N) is 1. The van der Waals surface area contributed by atoms with Crippen LogP contribution in [0.2, 0.25) is 0 Å². The second kappa shape index (κ2) is 6.00. The molecule has 2 rings (SSSR count). The maximum Gasteiger partial charge on any atom is 0.371 e. The van der Waals surface area contributed by atoms with E-state index in [0.717, 1.165) is 22.2 Å². The molecule has 1 aromatic carbocycles. The Kier molecular flexibility index (Phi) is 4.50. The summed E-state index contributed by atoms with van der Waals surface area (Å²) in [7, 11) is -3.93. The molecule has 0 aliphatic rings. The quantitative estimate of drug-likeness (QED) is 0.839. The van der Waals surface area contributed by atoms with Crippen LogP contribution in [0.5, 0.6) is 0 Å². The Bertz CT molecular complexity index is 768. The molecule has 0 spiro atoms. The standard InChI is InChI=1S/C13H12BrNO5S/c1-8(9-3-2-4-10(14)7-9)15-21(18,19)12-6-5-11(20-12)13(16)17/h2-8,15H,1H3,(H,16,17)/t8-/m1/s1. The smallest absolute Gasteiger partial charge is 0.371 e. The van der Waals surface area contributed by atoms with Gasteiger partial charge in [0, 0.05) is 10.5 Å². The van der Waals surface area contributed by atoms with Crippen molar-refractivity contribution in [2.45, 2.75) is 18.1 Å². The number of hydrogen-bond acceptors (Lipinski definition) is 4. The summed E-state index contributed by atoms with van der Waals surface area (Å²) in [4.78, 5) is 10.7. The van der Waals surface area contributed by atoms with Crippen LogP contribution in [0.3, 0.4) is 0 Å². The third-order valence-electron chi connectivity index (χ3n) is 2.74. The lowest BCUT2D eigenvalue weighted by Crippen LogP contribution is -2.26. The minimum absolute atomic E-state index is 0.425. The minimum Gasteiger partial charge on any atom is -0.475 e. The molecule has 0 saturated carbocycles. The lowest BCUT2D eigenvalue weighted by Gasteiger charge is -2.13. The minimum atomic E-state index is -3.93. The van der Waals surface area contributed by atoms with Crippen LogP contribution in [0, 0.1) is 0 Å². The first-order chi connectivity index (χ1) is 9.79. The molecule has 0 unspecified atom stereocenters. The number of hydrogen-bond donors (Lipinski definition) is 2. The summed E-state index contributed by atoms with van der Waals surface area (Å²) < 4.78 is 32.3. The number of furan rings is 1. The Morgan fingerprint density at radius 3 is 2.62 bits per heavy atom. The van der Waals surface area contributed by atoms with Gasteiger partial charge in [-0.15, -0.1) is 0 Å². The predicted molar refractivity (Wildman–Crippen MR) is 78.5 cm³/mol. The van der Waals surface area contributed by atoms with Gasteiger partial charge in [-0.25, -0.2) is 17.9 Å². The Balaban J connectivity index is 2.22. The largest absolute Gasteiger partial charge is 0.475 e. The molecule has 112 valence electrons. The topological polar surface area (TPSA) is 96.6 Å². The van der Waals surface area contributed by atoms with Gasteiger partial charge >= 0.3 is 5.97 Å². The summed E-state index contributed by atoms with van der Waals surface area (Å²) in [5.74, 6) is -1.75. The maximum atomic E-state index is 12.1. The Morgan fingerprint density at radius 2 is 2.05 bits per heavy atom. The van der Waals surface area contributed by atoms with Gasteiger partial charge in [0.1, 0.15) is 0 Å². The number of halogens is 1. The highest BCUT2D eigenvalue weighted by molar-refractivity contribution is 9.10. The molecule has 0 saturated heterocycles. The summed E-state index contributed by atoms with van der Waals surface area (Å²) in [6, 6.07) is 8.91. The van der Waals surface area contributed by atoms with Crippen LogP contribution < -0.4 is 4.72 Å². The van der Waals surface area contributed by atoms with Crippen LogP contribution in [0.1, 0.15) is 29.1 Å². The Hall–Kier alpha value is -1.64. The molecule has 2 aromatic rings. The van der Waals surface area contributed by atoms with Crippen LogP contribution in [-0.4, -0.2) is 19.5 Å². The van der Waals surface area contributed by atoms with E-state index < -0.39 is 32.9 Å². The molecular formula is C13H12BrNO5S. The van der Waals surface area contributed by atoms with Crippen molar-refractivity contribution in [3.63, 3.8) is 0 Å². The lowest BCUT2D eigenvalue weighted by atomic mass is 10.1. The number of sulfonamides is 1. The molecule has 0 fully saturated rings. The lowest BCUT2D eigenvalue weighted by molar-refractivity contribution is 0.0656. The van der Waals surface area contributed by atoms with Gasteiger partial charge in [-0.1, -0.05) is 28.1 Å². The van der Waals surface area contributed by atoms with Crippen molar-refractivity contribution in [3.05, 3.63) is 52.2 Å². The van der Waals surface area contributed by atoms with Crippen LogP contribution in [-0.2, 0) is 10.0 Å². The fourth-order valence-electron chi connectivity index (χ4n) is 1.71. The van der Waals surface area contributed by atoms with Gasteiger partial charge in [0.15, 0.2) is 0 Å². The van der Waals surface area contributed by atoms with E-state index in [-0.39, 0.29) is 0 Å². The van der Waals surface area contributed by atoms with Gasteiger partial charge in [0.25, 0.3) is 10.0 Å². The van der Waals surface area contributed by atoms with Crippen molar-refractivity contribution in [1.29, 1.82) is 0 Å². The second-order valence-electron chi connectivity index (χ2n) is 4.32. The molecule has 2 N–H and O–H groups in total. The zero-order chi connectivity index (χ0) is 15.6. The number of carbonyl (C=O) groups is 1. The van der Waals surface area contributed by atoms with E-state index in [4.69, 9.17) is 9.52 Å². The molecular weight excluding hydrogens is 362 g/mol. The fourth-order valence-corrected chi connectivity index (χ4v) is 3.30. The monoisotopic (exact) mass is 373 g/mol. The average Bonchev–Trinajstić information content (AvgIpc) is 2.88. The van der Waals surface area contributed by atoms with Crippen LogP contribution in [0.25, 0.3) is 0 Å². The first kappa shape index (κ1) is 15.7. The van der Waals surface area contributed by atoms with Gasteiger partial charge in [-0.05, 0) is 36.8 Å². The van der Waals surface area contributed by atoms with Crippen molar-refractivity contribution < 1.29 is 22.7 Å². The van der Waals surface area contributed by atoms with Crippen LogP contribution >= 0.6 is 15.9 Å². The molecule has 1 atom stereocenters. The zero-order valence-corrected chi connectivity index (χ0v) is 13.3. The third-order valence-corrected chi connectivity index (χ3v) is 4.64. The maximum absolute atomic E-state index is 12.1. The van der Waals surface area contributed by atoms with Gasteiger partial charge in [-0.3, -0.25) is 0 Å². The highest BCUT2D eigenvalue weighted by atomic mass is 79.9. The highest BCUT2D eigenvalue weighted by Crippen LogP contribution is 2.21. The summed E-state index contributed by atoms with van der Waals surface area (Å²) in [5.41, 5.74) is 0.762. The average molecular weight is 374 g/mol. The predicted octanol–water partition coefficient (Wildman–Crippen LogP) is 2.78. The SMILES string of the molecule is C[C@@H](NS(=O)(=O)c1ccc(C(=O)O)o1)c1cccc(Br)c1. The van der Waals surface area contributed by atoms with Crippen molar-refractivity contribution in [2.75, 3.05) is 0 Å². The summed E-state index contributed by atoms with van der Waals surface area (Å²) in [6.07, 6.45) is 0. The van der Waals surface area contributed by atoms with E-state index in [0.29, 0.717) is 0 Å². The van der Waals surface area contributed by atoms with E-state index in [1.54, 1.807) is 25.1 Å². The Labute approximate surface area is 130 Å². The summed E-state index contributed by atoms with van der Waals surface area (Å²) in [6.45, 7) is 1.68. The number of rotatable bonds is 5. The van der Waals surface area contributed by atoms with Gasteiger partial charge in [-0.2, -0.15) is 0 Å². The number of carboxylic acid groups (broad SMARTS) is 1. The van der Waals surface area contributed by atoms with Crippen molar-refractivity contribution in [3.8, 4) is 0 Å². The fraction of sp³-hybridized carbons (Fsp3) is 0.154. The second-order valence-corrected chi connectivity index (χ2v) is 6.88. The first-order valence-electron chi connectivity index (χ1n) is 5.90. The van der Waals surface area contributed by atoms with Gasteiger partial charge in [0.05, 0.1) is 0 Å². The number of carboxylic acids is 1. The molecule has 1 heterocycles. The van der Waals surface area contributed by atoms with Crippen LogP contribution in [0.15, 0.2) is 50.4 Å². The number of aromatic carboxylic acids is 1. The molecule has 0 aliphatic carbocycles. The molecule has 1 aromatic heterocycles. The molecule has 21 heavy (non-hydrogen) atoms. The van der Waals surface area contributed by atoms with E-state index in [2.05, 4.69) is 20.7 Å². The van der Waals surface area contributed by atoms with Crippen molar-refractivity contribution in [1.82, 2.24) is 4.72 Å². The zero-order valence-electron chi connectivity index (χ0n) is 10.9. The Morgan fingerprint density at radius 1 is 1.33 bits per heavy atom. The van der Waals surface area contributed by atoms with E-state index >= 15 is 0 Å². The molecule has 0 aliphatic heterocycles. The summed E-state index contributed by atoms with van der Waals surface area (Å²) in [5, 5.41) is 8.31. The van der Waals surface area contributed by atoms with Crippen molar-refractivity contribution in [2.24, 2.45) is 0 Å². The normalized spacial score (nSPS) is 13.0. The molecule has 8 heteroatoms. The third kappa shape index (κ3) is 3.72. The number of benzene rings is 1. The van der Waals surface area contributed by atoms with Crippen molar-refractivity contribution >= 4 is 31.9 Å². The molecule has 0 amide bonds. The highest BCUT2D eigenvalue weighted by Gasteiger charge is 2.23.